The van der Waals surface area contributed by atoms with E-state index in [1.54, 1.807) is 0 Å². The Morgan fingerprint density at radius 2 is 1.71 bits per heavy atom. The van der Waals surface area contributed by atoms with Gasteiger partial charge in [-0.3, -0.25) is 14.4 Å². The Kier molecular flexibility index (Phi) is 8.47. The van der Waals surface area contributed by atoms with E-state index in [9.17, 15) is 27.6 Å². The number of thioether (sulfide) groups is 1. The zero-order valence-electron chi connectivity index (χ0n) is 17.8. The summed E-state index contributed by atoms with van der Waals surface area (Å²) < 4.78 is 37.8. The number of hydrogen-bond donors (Lipinski definition) is 3. The fourth-order valence-corrected chi connectivity index (χ4v) is 3.63. The van der Waals surface area contributed by atoms with Gasteiger partial charge in [0.1, 0.15) is 0 Å². The van der Waals surface area contributed by atoms with E-state index >= 15 is 0 Å². The summed E-state index contributed by atoms with van der Waals surface area (Å²) in [6.45, 7) is 0.442. The van der Waals surface area contributed by atoms with Crippen molar-refractivity contribution in [2.45, 2.75) is 24.2 Å². The standard InChI is InChI=1S/C23H21F3N4O3S/c24-23(25,26)16-6-8-17(9-7-16)28-21(33)14-34-22-29-18(13-20(32)30-22)12-19(31)27-11-10-15-4-2-1-3-5-15/h1-9,13H,10-12,14H2,(H,27,31)(H,28,33)(H,29,30,32). The van der Waals surface area contributed by atoms with Gasteiger partial charge in [0.05, 0.1) is 23.4 Å². The smallest absolute Gasteiger partial charge is 0.355 e. The Morgan fingerprint density at radius 1 is 1.00 bits per heavy atom. The molecule has 0 saturated heterocycles. The maximum absolute atomic E-state index is 12.6. The molecule has 1 aromatic heterocycles. The number of rotatable bonds is 9. The first-order chi connectivity index (χ1) is 16.2. The number of benzene rings is 2. The number of anilines is 1. The van der Waals surface area contributed by atoms with E-state index < -0.39 is 23.2 Å². The van der Waals surface area contributed by atoms with Crippen LogP contribution < -0.4 is 16.2 Å². The average molecular weight is 491 g/mol. The summed E-state index contributed by atoms with van der Waals surface area (Å²) in [6.07, 6.45) is -3.88. The van der Waals surface area contributed by atoms with Gasteiger partial charge in [-0.2, -0.15) is 13.2 Å². The molecule has 0 fully saturated rings. The van der Waals surface area contributed by atoms with E-state index in [2.05, 4.69) is 20.6 Å². The third kappa shape index (κ3) is 8.07. The van der Waals surface area contributed by atoms with Crippen LogP contribution in [-0.4, -0.2) is 34.1 Å². The molecule has 1 heterocycles. The van der Waals surface area contributed by atoms with Crippen LogP contribution in [0.1, 0.15) is 16.8 Å². The van der Waals surface area contributed by atoms with Crippen LogP contribution in [0.5, 0.6) is 0 Å². The number of aromatic amines is 1. The molecule has 0 radical (unpaired) electrons. The van der Waals surface area contributed by atoms with Gasteiger partial charge in [0.15, 0.2) is 5.16 Å². The predicted molar refractivity (Wildman–Crippen MR) is 123 cm³/mol. The molecule has 3 aromatic rings. The number of carbonyl (C=O) groups is 2. The van der Waals surface area contributed by atoms with Crippen LogP contribution in [0.3, 0.4) is 0 Å². The summed E-state index contributed by atoms with van der Waals surface area (Å²) >= 11 is 0.935. The number of hydrogen-bond acceptors (Lipinski definition) is 5. The number of halogens is 3. The first-order valence-corrected chi connectivity index (χ1v) is 11.2. The minimum atomic E-state index is -4.46. The number of alkyl halides is 3. The molecule has 0 spiro atoms. The molecule has 0 saturated carbocycles. The molecule has 2 amide bonds. The van der Waals surface area contributed by atoms with Crippen LogP contribution in [0.2, 0.25) is 0 Å². The number of nitrogens with zero attached hydrogens (tertiary/aromatic N) is 1. The van der Waals surface area contributed by atoms with Crippen LogP contribution in [0.15, 0.2) is 70.6 Å². The molecule has 3 N–H and O–H groups in total. The number of amides is 2. The van der Waals surface area contributed by atoms with Crippen molar-refractivity contribution in [3.8, 4) is 0 Å². The fourth-order valence-electron chi connectivity index (χ4n) is 2.93. The quantitative estimate of drug-likeness (QED) is 0.315. The summed E-state index contributed by atoms with van der Waals surface area (Å²) in [7, 11) is 0. The molecule has 0 aliphatic rings. The lowest BCUT2D eigenvalue weighted by Crippen LogP contribution is -2.28. The summed E-state index contributed by atoms with van der Waals surface area (Å²) in [5.41, 5.74) is 0.272. The Labute approximate surface area is 197 Å². The van der Waals surface area contributed by atoms with Crippen molar-refractivity contribution in [2.24, 2.45) is 0 Å². The first-order valence-electron chi connectivity index (χ1n) is 10.2. The van der Waals surface area contributed by atoms with Gasteiger partial charge in [-0.25, -0.2) is 4.98 Å². The van der Waals surface area contributed by atoms with Crippen LogP contribution in [-0.2, 0) is 28.6 Å². The summed E-state index contributed by atoms with van der Waals surface area (Å²) in [4.78, 5) is 42.9. The van der Waals surface area contributed by atoms with E-state index in [0.717, 1.165) is 41.6 Å². The molecule has 178 valence electrons. The molecule has 3 rings (SSSR count). The topological polar surface area (TPSA) is 104 Å². The molecular weight excluding hydrogens is 469 g/mol. The van der Waals surface area contributed by atoms with Gasteiger partial charge in [-0.15, -0.1) is 0 Å². The third-order valence-corrected chi connectivity index (χ3v) is 5.40. The fraction of sp³-hybridized carbons (Fsp3) is 0.217. The van der Waals surface area contributed by atoms with Crippen LogP contribution in [0, 0.1) is 0 Å². The number of aromatic nitrogens is 2. The van der Waals surface area contributed by atoms with Gasteiger partial charge in [-0.05, 0) is 36.2 Å². The lowest BCUT2D eigenvalue weighted by molar-refractivity contribution is -0.137. The van der Waals surface area contributed by atoms with E-state index in [0.29, 0.717) is 13.0 Å². The minimum Gasteiger partial charge on any atom is -0.355 e. The van der Waals surface area contributed by atoms with Gasteiger partial charge in [-0.1, -0.05) is 42.1 Å². The molecule has 11 heteroatoms. The number of carbonyl (C=O) groups excluding carboxylic acids is 2. The molecule has 2 aromatic carbocycles. The van der Waals surface area contributed by atoms with Crippen molar-refractivity contribution >= 4 is 29.3 Å². The van der Waals surface area contributed by atoms with Crippen molar-refractivity contribution in [2.75, 3.05) is 17.6 Å². The monoisotopic (exact) mass is 490 g/mol. The zero-order valence-corrected chi connectivity index (χ0v) is 18.6. The Morgan fingerprint density at radius 3 is 2.38 bits per heavy atom. The number of nitrogens with one attached hydrogen (secondary N) is 3. The van der Waals surface area contributed by atoms with Crippen molar-refractivity contribution in [3.05, 3.63) is 87.8 Å². The second kappa shape index (κ2) is 11.5. The van der Waals surface area contributed by atoms with E-state index in [1.807, 2.05) is 30.3 Å². The largest absolute Gasteiger partial charge is 0.416 e. The predicted octanol–water partition coefficient (Wildman–Crippen LogP) is 3.42. The Bertz CT molecular complexity index is 1180. The van der Waals surface area contributed by atoms with Gasteiger partial charge < -0.3 is 15.6 Å². The maximum Gasteiger partial charge on any atom is 0.416 e. The third-order valence-electron chi connectivity index (χ3n) is 4.53. The van der Waals surface area contributed by atoms with Crippen molar-refractivity contribution in [3.63, 3.8) is 0 Å². The second-order valence-electron chi connectivity index (χ2n) is 7.22. The lowest BCUT2D eigenvalue weighted by Gasteiger charge is -2.09. The molecule has 0 aliphatic carbocycles. The molecule has 7 nitrogen and oxygen atoms in total. The highest BCUT2D eigenvalue weighted by Crippen LogP contribution is 2.29. The van der Waals surface area contributed by atoms with Gasteiger partial charge in [0.2, 0.25) is 11.8 Å². The summed E-state index contributed by atoms with van der Waals surface area (Å²) in [5, 5.41) is 5.41. The molecule has 0 bridgehead atoms. The molecule has 34 heavy (non-hydrogen) atoms. The summed E-state index contributed by atoms with van der Waals surface area (Å²) in [6, 6.07) is 14.9. The van der Waals surface area contributed by atoms with Crippen molar-refractivity contribution < 1.29 is 22.8 Å². The van der Waals surface area contributed by atoms with Gasteiger partial charge >= 0.3 is 6.18 Å². The van der Waals surface area contributed by atoms with Crippen LogP contribution >= 0.6 is 11.8 Å². The average Bonchev–Trinajstić information content (AvgIpc) is 2.78. The van der Waals surface area contributed by atoms with Crippen LogP contribution in [0.25, 0.3) is 0 Å². The van der Waals surface area contributed by atoms with E-state index in [1.165, 1.54) is 6.07 Å². The van der Waals surface area contributed by atoms with Crippen molar-refractivity contribution in [1.82, 2.24) is 15.3 Å². The number of H-pyrrole nitrogens is 1. The lowest BCUT2D eigenvalue weighted by atomic mass is 10.1. The van der Waals surface area contributed by atoms with Gasteiger partial charge in [0.25, 0.3) is 5.56 Å². The highest BCUT2D eigenvalue weighted by Gasteiger charge is 2.30. The van der Waals surface area contributed by atoms with E-state index in [-0.39, 0.29) is 34.6 Å². The highest BCUT2D eigenvalue weighted by atomic mass is 32.2. The molecular formula is C23H21F3N4O3S. The Hall–Kier alpha value is -3.60. The molecule has 0 aliphatic heterocycles. The Balaban J connectivity index is 1.48. The van der Waals surface area contributed by atoms with E-state index in [4.69, 9.17) is 0 Å². The molecule has 0 atom stereocenters. The van der Waals surface area contributed by atoms with Gasteiger partial charge in [0, 0.05) is 18.3 Å². The van der Waals surface area contributed by atoms with Crippen molar-refractivity contribution in [1.29, 1.82) is 0 Å². The maximum atomic E-state index is 12.6. The van der Waals surface area contributed by atoms with Crippen LogP contribution in [0.4, 0.5) is 18.9 Å². The highest BCUT2D eigenvalue weighted by molar-refractivity contribution is 7.99. The zero-order chi connectivity index (χ0) is 24.6. The summed E-state index contributed by atoms with van der Waals surface area (Å²) in [5.74, 6) is -0.919. The first kappa shape index (κ1) is 25.0. The minimum absolute atomic E-state index is 0.0932. The SMILES string of the molecule is O=C(Cc1cc(=O)[nH]c(SCC(=O)Nc2ccc(C(F)(F)F)cc2)n1)NCCc1ccccc1. The second-order valence-corrected chi connectivity index (χ2v) is 8.18. The molecule has 0 unspecified atom stereocenters. The normalized spacial score (nSPS) is 11.1.